The summed E-state index contributed by atoms with van der Waals surface area (Å²) in [6, 6.07) is 9.02. The molecule has 2 aromatic carbocycles. The highest BCUT2D eigenvalue weighted by Gasteiger charge is 2.42. The molecule has 0 bridgehead atoms. The fraction of sp³-hybridized carbons (Fsp3) is 0.400. The second kappa shape index (κ2) is 12.8. The fourth-order valence-electron chi connectivity index (χ4n) is 5.32. The number of carbonyl (C=O) groups is 2. The SMILES string of the molecule is CCOCCOC(=O)C1=C(C)NC2=C(C(=O)C[C@H](c3ccc(OC)c(OC)c3)C2)[C@H]1c1cc(Br)c(O)c(OC)c1. The van der Waals surface area contributed by atoms with Crippen LogP contribution >= 0.6 is 15.9 Å². The fourth-order valence-corrected chi connectivity index (χ4v) is 5.78. The maximum atomic E-state index is 13.9. The van der Waals surface area contributed by atoms with Crippen molar-refractivity contribution in [2.24, 2.45) is 0 Å². The third-order valence-electron chi connectivity index (χ3n) is 7.20. The lowest BCUT2D eigenvalue weighted by atomic mass is 9.71. The molecule has 0 spiro atoms. The number of carbonyl (C=O) groups excluding carboxylic acids is 2. The largest absolute Gasteiger partial charge is 0.503 e. The first-order chi connectivity index (χ1) is 19.2. The van der Waals surface area contributed by atoms with E-state index in [0.29, 0.717) is 51.4 Å². The number of hydrogen-bond acceptors (Lipinski definition) is 9. The summed E-state index contributed by atoms with van der Waals surface area (Å²) in [5, 5.41) is 13.8. The molecule has 0 aromatic heterocycles. The number of ether oxygens (including phenoxy) is 5. The molecule has 0 radical (unpaired) electrons. The summed E-state index contributed by atoms with van der Waals surface area (Å²) in [5.74, 6) is -0.0998. The van der Waals surface area contributed by atoms with E-state index < -0.39 is 11.9 Å². The van der Waals surface area contributed by atoms with Crippen LogP contribution in [0.25, 0.3) is 0 Å². The average molecular weight is 617 g/mol. The van der Waals surface area contributed by atoms with Crippen molar-refractivity contribution in [3.63, 3.8) is 0 Å². The Morgan fingerprint density at radius 1 is 1.00 bits per heavy atom. The summed E-state index contributed by atoms with van der Waals surface area (Å²) in [6.45, 7) is 4.53. The van der Waals surface area contributed by atoms with E-state index >= 15 is 0 Å². The van der Waals surface area contributed by atoms with Gasteiger partial charge in [0.25, 0.3) is 0 Å². The van der Waals surface area contributed by atoms with Gasteiger partial charge in [0.2, 0.25) is 0 Å². The number of phenols is 1. The van der Waals surface area contributed by atoms with Crippen molar-refractivity contribution >= 4 is 27.7 Å². The van der Waals surface area contributed by atoms with Crippen LogP contribution in [0.4, 0.5) is 0 Å². The minimum atomic E-state index is -0.722. The van der Waals surface area contributed by atoms with E-state index in [1.165, 1.54) is 7.11 Å². The Balaban J connectivity index is 1.78. The van der Waals surface area contributed by atoms with E-state index in [2.05, 4.69) is 21.2 Å². The third-order valence-corrected chi connectivity index (χ3v) is 7.80. The minimum Gasteiger partial charge on any atom is -0.503 e. The Bertz CT molecular complexity index is 1370. The van der Waals surface area contributed by atoms with Gasteiger partial charge in [-0.05, 0) is 77.5 Å². The van der Waals surface area contributed by atoms with Crippen LogP contribution in [0.2, 0.25) is 0 Å². The predicted octanol–water partition coefficient (Wildman–Crippen LogP) is 5.12. The Labute approximate surface area is 242 Å². The average Bonchev–Trinajstić information content (AvgIpc) is 2.95. The highest BCUT2D eigenvalue weighted by atomic mass is 79.9. The monoisotopic (exact) mass is 615 g/mol. The van der Waals surface area contributed by atoms with Gasteiger partial charge in [0.15, 0.2) is 28.8 Å². The molecule has 2 N–H and O–H groups in total. The first-order valence-corrected chi connectivity index (χ1v) is 13.8. The number of aromatic hydroxyl groups is 1. The van der Waals surface area contributed by atoms with Crippen LogP contribution in [0.15, 0.2) is 57.3 Å². The van der Waals surface area contributed by atoms with E-state index in [9.17, 15) is 14.7 Å². The molecule has 4 rings (SSSR count). The normalized spacial score (nSPS) is 18.7. The maximum absolute atomic E-state index is 13.9. The molecule has 1 aliphatic heterocycles. The summed E-state index contributed by atoms with van der Waals surface area (Å²) < 4.78 is 27.5. The Kier molecular flexibility index (Phi) is 9.42. The Hall–Kier alpha value is -3.50. The van der Waals surface area contributed by atoms with Gasteiger partial charge in [-0.2, -0.15) is 0 Å². The standard InChI is InChI=1S/C30H34BrNO8/c1-6-39-9-10-40-30(35)26-16(2)32-21-12-18(17-7-8-23(36-3)24(14-17)37-4)13-22(33)28(21)27(26)19-11-20(31)29(34)25(15-19)38-5/h7-8,11,14-15,18,27,32,34H,6,9-10,12-13H2,1-5H3/t18-,27+/m1/s1. The van der Waals surface area contributed by atoms with E-state index in [1.54, 1.807) is 33.3 Å². The molecule has 214 valence electrons. The molecule has 0 amide bonds. The summed E-state index contributed by atoms with van der Waals surface area (Å²) in [5.41, 5.74) is 3.73. The van der Waals surface area contributed by atoms with Crippen molar-refractivity contribution in [2.75, 3.05) is 41.2 Å². The molecule has 2 atom stereocenters. The highest BCUT2D eigenvalue weighted by molar-refractivity contribution is 9.10. The number of phenolic OH excluding ortho intramolecular Hbond substituents is 1. The van der Waals surface area contributed by atoms with E-state index in [4.69, 9.17) is 23.7 Å². The lowest BCUT2D eigenvalue weighted by Gasteiger charge is -2.37. The van der Waals surface area contributed by atoms with Crippen molar-refractivity contribution in [3.05, 3.63) is 68.5 Å². The smallest absolute Gasteiger partial charge is 0.336 e. The number of allylic oxidation sites excluding steroid dienone is 3. The number of Topliss-reactive ketones (excluding diaryl/α,β-unsaturated/α-hetero) is 1. The van der Waals surface area contributed by atoms with Crippen LogP contribution in [0, 0.1) is 0 Å². The van der Waals surface area contributed by atoms with E-state index in [-0.39, 0.29) is 42.8 Å². The van der Waals surface area contributed by atoms with E-state index in [0.717, 1.165) is 11.3 Å². The zero-order valence-corrected chi connectivity index (χ0v) is 24.8. The number of rotatable bonds is 10. The number of halogens is 1. The summed E-state index contributed by atoms with van der Waals surface area (Å²) >= 11 is 3.39. The van der Waals surface area contributed by atoms with E-state index in [1.807, 2.05) is 25.1 Å². The van der Waals surface area contributed by atoms with Gasteiger partial charge in [0.1, 0.15) is 6.61 Å². The maximum Gasteiger partial charge on any atom is 0.336 e. The molecule has 0 unspecified atom stereocenters. The molecule has 0 saturated carbocycles. The van der Waals surface area contributed by atoms with Crippen LogP contribution in [-0.4, -0.2) is 58.0 Å². The first-order valence-electron chi connectivity index (χ1n) is 13.0. The molecule has 0 saturated heterocycles. The number of ketones is 1. The molecule has 2 aromatic rings. The van der Waals surface area contributed by atoms with Gasteiger partial charge in [-0.1, -0.05) is 6.07 Å². The van der Waals surface area contributed by atoms with Crippen LogP contribution in [0.1, 0.15) is 49.7 Å². The summed E-state index contributed by atoms with van der Waals surface area (Å²) in [7, 11) is 4.60. The van der Waals surface area contributed by atoms with Gasteiger partial charge in [0, 0.05) is 35.9 Å². The van der Waals surface area contributed by atoms with Gasteiger partial charge < -0.3 is 34.1 Å². The molecular weight excluding hydrogens is 582 g/mol. The summed E-state index contributed by atoms with van der Waals surface area (Å²) in [4.78, 5) is 27.3. The molecular formula is C30H34BrNO8. The number of methoxy groups -OCH3 is 3. The molecule has 0 fully saturated rings. The van der Waals surface area contributed by atoms with Crippen molar-refractivity contribution in [1.82, 2.24) is 5.32 Å². The topological polar surface area (TPSA) is 113 Å². The molecule has 10 heteroatoms. The molecule has 2 aliphatic rings. The summed E-state index contributed by atoms with van der Waals surface area (Å²) in [6.07, 6.45) is 0.794. The number of benzene rings is 2. The molecule has 1 aliphatic carbocycles. The van der Waals surface area contributed by atoms with Gasteiger partial charge in [-0.25, -0.2) is 4.79 Å². The quantitative estimate of drug-likeness (QED) is 0.278. The third kappa shape index (κ3) is 5.83. The van der Waals surface area contributed by atoms with Crippen molar-refractivity contribution in [2.45, 2.75) is 38.5 Å². The van der Waals surface area contributed by atoms with Crippen LogP contribution in [-0.2, 0) is 19.1 Å². The lowest BCUT2D eigenvalue weighted by molar-refractivity contribution is -0.140. The zero-order valence-electron chi connectivity index (χ0n) is 23.3. The van der Waals surface area contributed by atoms with Gasteiger partial charge in [-0.15, -0.1) is 0 Å². The Morgan fingerprint density at radius 2 is 1.70 bits per heavy atom. The predicted molar refractivity (Wildman–Crippen MR) is 152 cm³/mol. The second-order valence-electron chi connectivity index (χ2n) is 9.52. The number of dihydropyridines is 1. The highest BCUT2D eigenvalue weighted by Crippen LogP contribution is 2.48. The number of hydrogen-bond donors (Lipinski definition) is 2. The van der Waals surface area contributed by atoms with Crippen LogP contribution in [0.5, 0.6) is 23.0 Å². The number of esters is 1. The zero-order chi connectivity index (χ0) is 29.0. The van der Waals surface area contributed by atoms with Crippen molar-refractivity contribution < 1.29 is 38.4 Å². The van der Waals surface area contributed by atoms with Gasteiger partial charge in [-0.3, -0.25) is 4.79 Å². The first kappa shape index (κ1) is 29.5. The second-order valence-corrected chi connectivity index (χ2v) is 10.4. The van der Waals surface area contributed by atoms with Crippen molar-refractivity contribution in [1.29, 1.82) is 0 Å². The van der Waals surface area contributed by atoms with Gasteiger partial charge >= 0.3 is 5.97 Å². The Morgan fingerprint density at radius 3 is 2.38 bits per heavy atom. The lowest BCUT2D eigenvalue weighted by Crippen LogP contribution is -2.36. The number of nitrogens with one attached hydrogen (secondary N) is 1. The minimum absolute atomic E-state index is 0.0700. The van der Waals surface area contributed by atoms with Crippen LogP contribution in [0.3, 0.4) is 0 Å². The van der Waals surface area contributed by atoms with Crippen molar-refractivity contribution in [3.8, 4) is 23.0 Å². The molecule has 9 nitrogen and oxygen atoms in total. The molecule has 1 heterocycles. The van der Waals surface area contributed by atoms with Gasteiger partial charge in [0.05, 0.1) is 38.0 Å². The molecule has 40 heavy (non-hydrogen) atoms. The van der Waals surface area contributed by atoms with Crippen LogP contribution < -0.4 is 19.5 Å².